The first-order valence-electron chi connectivity index (χ1n) is 13.9. The number of nitrogens with one attached hydrogen (secondary N) is 1. The molecule has 0 bridgehead atoms. The number of carbonyl (C=O) groups excluding carboxylic acids is 1. The number of hydrogen-bond acceptors (Lipinski definition) is 9. The van der Waals surface area contributed by atoms with E-state index in [1.54, 1.807) is 27.0 Å². The average molecular weight is 569 g/mol. The van der Waals surface area contributed by atoms with Crippen LogP contribution in [0, 0.1) is 5.92 Å². The fraction of sp³-hybridized carbons (Fsp3) is 0.367. The van der Waals surface area contributed by atoms with Gasteiger partial charge >= 0.3 is 6.09 Å². The molecule has 2 fully saturated rings. The third-order valence-corrected chi connectivity index (χ3v) is 7.20. The third-order valence-electron chi connectivity index (χ3n) is 7.20. The van der Waals surface area contributed by atoms with E-state index in [4.69, 9.17) is 19.7 Å². The van der Waals surface area contributed by atoms with Gasteiger partial charge in [0.25, 0.3) is 0 Å². The number of morpholine rings is 1. The highest BCUT2D eigenvalue weighted by Gasteiger charge is 2.31. The number of hydrogen-bond donors (Lipinski definition) is 2. The van der Waals surface area contributed by atoms with E-state index >= 15 is 0 Å². The molecule has 216 valence electrons. The molecule has 1 aliphatic carbocycles. The summed E-state index contributed by atoms with van der Waals surface area (Å²) in [7, 11) is 0. The highest BCUT2D eigenvalue weighted by atomic mass is 16.5. The fourth-order valence-corrected chi connectivity index (χ4v) is 4.88. The summed E-state index contributed by atoms with van der Waals surface area (Å²) in [5.41, 5.74) is 3.60. The number of nitrogens with zero attached hydrogens (tertiary/aromatic N) is 7. The van der Waals surface area contributed by atoms with Crippen LogP contribution in [0.1, 0.15) is 33.6 Å². The van der Waals surface area contributed by atoms with Crippen LogP contribution in [0.4, 0.5) is 22.2 Å². The van der Waals surface area contributed by atoms with Gasteiger partial charge in [-0.25, -0.2) is 29.6 Å². The predicted octanol–water partition coefficient (Wildman–Crippen LogP) is 4.62. The number of pyridine rings is 1. The molecule has 0 atom stereocenters. The number of benzene rings is 1. The summed E-state index contributed by atoms with van der Waals surface area (Å²) in [6, 6.07) is 9.65. The second-order valence-electron chi connectivity index (χ2n) is 11.5. The molecule has 0 radical (unpaired) electrons. The molecule has 2 aliphatic rings. The molecule has 42 heavy (non-hydrogen) atoms. The van der Waals surface area contributed by atoms with Gasteiger partial charge in [0.15, 0.2) is 11.6 Å². The Morgan fingerprint density at radius 3 is 2.36 bits per heavy atom. The smallest absolute Gasteiger partial charge is 0.414 e. The zero-order valence-electron chi connectivity index (χ0n) is 23.7. The standard InChI is InChI=1S/C30H32N8O4/c1-30(2,3)38(29(40)41)28-32-16-21(17-33-28)25-35-23-14-20(15-31-24(23)26(36-25)37-9-11-42-12-10-37)19-5-4-6-22(13-19)34-27(39)18-7-8-18/h4-6,13-18H,7-12H2,1-3H3,(H,34,39)(H,40,41). The maximum absolute atomic E-state index is 12.3. The van der Waals surface area contributed by atoms with Crippen molar-refractivity contribution in [2.45, 2.75) is 39.2 Å². The molecule has 6 rings (SSSR count). The van der Waals surface area contributed by atoms with Crippen LogP contribution in [0.15, 0.2) is 48.9 Å². The summed E-state index contributed by atoms with van der Waals surface area (Å²) in [6.45, 7) is 7.81. The minimum absolute atomic E-state index is 0.0542. The van der Waals surface area contributed by atoms with E-state index in [2.05, 4.69) is 20.2 Å². The van der Waals surface area contributed by atoms with Crippen molar-refractivity contribution >= 4 is 40.5 Å². The molecule has 3 aromatic heterocycles. The quantitative estimate of drug-likeness (QED) is 0.338. The van der Waals surface area contributed by atoms with Crippen molar-refractivity contribution in [1.29, 1.82) is 0 Å². The average Bonchev–Trinajstić information content (AvgIpc) is 3.82. The third kappa shape index (κ3) is 5.70. The Bertz CT molecular complexity index is 1640. The van der Waals surface area contributed by atoms with Gasteiger partial charge in [0.05, 0.1) is 24.3 Å². The van der Waals surface area contributed by atoms with E-state index in [-0.39, 0.29) is 17.8 Å². The van der Waals surface area contributed by atoms with E-state index in [9.17, 15) is 14.7 Å². The zero-order chi connectivity index (χ0) is 29.4. The second-order valence-corrected chi connectivity index (χ2v) is 11.5. The van der Waals surface area contributed by atoms with Crippen LogP contribution < -0.4 is 15.1 Å². The van der Waals surface area contributed by atoms with Gasteiger partial charge in [-0.1, -0.05) is 12.1 Å². The molecule has 1 aromatic carbocycles. The van der Waals surface area contributed by atoms with Gasteiger partial charge in [-0.05, 0) is 57.4 Å². The van der Waals surface area contributed by atoms with Crippen LogP contribution in [0.25, 0.3) is 33.5 Å². The normalized spacial score (nSPS) is 15.5. The maximum atomic E-state index is 12.3. The molecular weight excluding hydrogens is 536 g/mol. The highest BCUT2D eigenvalue weighted by Crippen LogP contribution is 2.33. The lowest BCUT2D eigenvalue weighted by atomic mass is 10.1. The van der Waals surface area contributed by atoms with Crippen LogP contribution in [0.5, 0.6) is 0 Å². The second kappa shape index (κ2) is 10.9. The molecule has 1 aliphatic heterocycles. The number of amides is 2. The lowest BCUT2D eigenvalue weighted by molar-refractivity contribution is -0.117. The van der Waals surface area contributed by atoms with Crippen molar-refractivity contribution in [2.24, 2.45) is 5.92 Å². The Hall–Kier alpha value is -4.71. The Morgan fingerprint density at radius 1 is 0.976 bits per heavy atom. The minimum Gasteiger partial charge on any atom is -0.465 e. The summed E-state index contributed by atoms with van der Waals surface area (Å²) in [5.74, 6) is 1.33. The fourth-order valence-electron chi connectivity index (χ4n) is 4.88. The summed E-state index contributed by atoms with van der Waals surface area (Å²) in [5, 5.41) is 12.7. The number of carbonyl (C=O) groups is 2. The zero-order valence-corrected chi connectivity index (χ0v) is 23.7. The van der Waals surface area contributed by atoms with Gasteiger partial charge in [0, 0.05) is 54.4 Å². The summed E-state index contributed by atoms with van der Waals surface area (Å²) < 4.78 is 5.56. The van der Waals surface area contributed by atoms with Crippen molar-refractivity contribution in [3.8, 4) is 22.5 Å². The van der Waals surface area contributed by atoms with Crippen molar-refractivity contribution in [3.05, 3.63) is 48.9 Å². The molecule has 12 heteroatoms. The van der Waals surface area contributed by atoms with Gasteiger partial charge in [0.2, 0.25) is 11.9 Å². The SMILES string of the molecule is CC(C)(C)N(C(=O)O)c1ncc(-c2nc(N3CCOCC3)c3ncc(-c4cccc(NC(=O)C5CC5)c4)cc3n2)cn1. The largest absolute Gasteiger partial charge is 0.465 e. The van der Waals surface area contributed by atoms with E-state index in [1.165, 1.54) is 12.4 Å². The lowest BCUT2D eigenvalue weighted by Gasteiger charge is -2.31. The molecule has 1 saturated heterocycles. The molecule has 4 aromatic rings. The number of ether oxygens (including phenoxy) is 1. The molecular formula is C30H32N8O4. The van der Waals surface area contributed by atoms with Crippen LogP contribution in [-0.4, -0.2) is 73.9 Å². The molecule has 1 saturated carbocycles. The Balaban J connectivity index is 1.39. The first-order valence-corrected chi connectivity index (χ1v) is 13.9. The molecule has 4 heterocycles. The number of aromatic nitrogens is 5. The summed E-state index contributed by atoms with van der Waals surface area (Å²) >= 11 is 0. The van der Waals surface area contributed by atoms with Crippen LogP contribution in [0.3, 0.4) is 0 Å². The lowest BCUT2D eigenvalue weighted by Crippen LogP contribution is -2.46. The van der Waals surface area contributed by atoms with Crippen LogP contribution in [0.2, 0.25) is 0 Å². The summed E-state index contributed by atoms with van der Waals surface area (Å²) in [4.78, 5) is 50.6. The van der Waals surface area contributed by atoms with E-state index in [0.717, 1.165) is 34.6 Å². The number of fused-ring (bicyclic) bond motifs is 1. The van der Waals surface area contributed by atoms with E-state index in [1.807, 2.05) is 30.3 Å². The van der Waals surface area contributed by atoms with Gasteiger partial charge in [0.1, 0.15) is 5.52 Å². The van der Waals surface area contributed by atoms with Crippen LogP contribution in [-0.2, 0) is 9.53 Å². The number of rotatable bonds is 6. The molecule has 12 nitrogen and oxygen atoms in total. The number of anilines is 3. The molecule has 2 amide bonds. The van der Waals surface area contributed by atoms with Crippen molar-refractivity contribution < 1.29 is 19.4 Å². The van der Waals surface area contributed by atoms with Gasteiger partial charge in [-0.15, -0.1) is 0 Å². The molecule has 2 N–H and O–H groups in total. The predicted molar refractivity (Wildman–Crippen MR) is 158 cm³/mol. The first-order chi connectivity index (χ1) is 20.2. The molecule has 0 unspecified atom stereocenters. The summed E-state index contributed by atoms with van der Waals surface area (Å²) in [6.07, 6.45) is 5.62. The van der Waals surface area contributed by atoms with E-state index < -0.39 is 11.6 Å². The first kappa shape index (κ1) is 27.5. The highest BCUT2D eigenvalue weighted by molar-refractivity contribution is 5.95. The van der Waals surface area contributed by atoms with Crippen LogP contribution >= 0.6 is 0 Å². The van der Waals surface area contributed by atoms with E-state index in [0.29, 0.717) is 54.5 Å². The topological polar surface area (TPSA) is 147 Å². The monoisotopic (exact) mass is 568 g/mol. The Labute approximate surface area is 242 Å². The van der Waals surface area contributed by atoms with Gasteiger partial charge < -0.3 is 20.1 Å². The minimum atomic E-state index is -1.14. The maximum Gasteiger partial charge on any atom is 0.414 e. The van der Waals surface area contributed by atoms with Crippen molar-refractivity contribution in [2.75, 3.05) is 41.4 Å². The number of carboxylic acid groups (broad SMARTS) is 1. The van der Waals surface area contributed by atoms with Crippen molar-refractivity contribution in [3.63, 3.8) is 0 Å². The molecule has 0 spiro atoms. The Kier molecular flexibility index (Phi) is 7.15. The van der Waals surface area contributed by atoms with Gasteiger partial charge in [-0.3, -0.25) is 9.78 Å². The van der Waals surface area contributed by atoms with Crippen molar-refractivity contribution in [1.82, 2.24) is 24.9 Å². The Morgan fingerprint density at radius 2 is 1.69 bits per heavy atom. The van der Waals surface area contributed by atoms with Gasteiger partial charge in [-0.2, -0.15) is 0 Å².